The minimum absolute atomic E-state index is 0.205. The molecule has 1 saturated heterocycles. The normalized spacial score (nSPS) is 21.3. The van der Waals surface area contributed by atoms with Gasteiger partial charge in [0.2, 0.25) is 10.0 Å². The van der Waals surface area contributed by atoms with Crippen LogP contribution in [-0.2, 0) is 10.0 Å². The van der Waals surface area contributed by atoms with Crippen molar-refractivity contribution in [1.82, 2.24) is 9.62 Å². The highest BCUT2D eigenvalue weighted by atomic mass is 35.5. The van der Waals surface area contributed by atoms with Crippen LogP contribution in [0.4, 0.5) is 0 Å². The smallest absolute Gasteiger partial charge is 0.244 e. The van der Waals surface area contributed by atoms with Crippen molar-refractivity contribution in [3.63, 3.8) is 0 Å². The lowest BCUT2D eigenvalue weighted by Gasteiger charge is -2.17. The first-order chi connectivity index (χ1) is 8.55. The molecule has 1 heterocycles. The van der Waals surface area contributed by atoms with Crippen LogP contribution in [0.2, 0.25) is 5.02 Å². The number of sulfonamides is 1. The molecule has 1 aromatic rings. The van der Waals surface area contributed by atoms with Crippen LogP contribution in [0.5, 0.6) is 0 Å². The zero-order chi connectivity index (χ0) is 13.2. The molecule has 0 saturated carbocycles. The van der Waals surface area contributed by atoms with E-state index >= 15 is 0 Å². The topological polar surface area (TPSA) is 49.4 Å². The molecule has 18 heavy (non-hydrogen) atoms. The standard InChI is InChI=1S/C12H17ClN2O2S/c1-14-8-10-6-7-15(9-10)18(16,17)12-5-3-2-4-11(12)13/h2-5,10,14H,6-9H2,1H3. The van der Waals surface area contributed by atoms with Crippen molar-refractivity contribution in [2.24, 2.45) is 5.92 Å². The predicted octanol–water partition coefficient (Wildman–Crippen LogP) is 1.57. The summed E-state index contributed by atoms with van der Waals surface area (Å²) in [5, 5.41) is 3.37. The van der Waals surface area contributed by atoms with E-state index in [4.69, 9.17) is 11.6 Å². The van der Waals surface area contributed by atoms with Crippen LogP contribution in [0.25, 0.3) is 0 Å². The van der Waals surface area contributed by atoms with Gasteiger partial charge >= 0.3 is 0 Å². The monoisotopic (exact) mass is 288 g/mol. The zero-order valence-electron chi connectivity index (χ0n) is 10.3. The lowest BCUT2D eigenvalue weighted by Crippen LogP contribution is -2.30. The Balaban J connectivity index is 2.21. The van der Waals surface area contributed by atoms with Crippen LogP contribution < -0.4 is 5.32 Å². The molecular weight excluding hydrogens is 272 g/mol. The van der Waals surface area contributed by atoms with E-state index in [0.29, 0.717) is 19.0 Å². The third kappa shape index (κ3) is 2.69. The number of hydrogen-bond donors (Lipinski definition) is 1. The number of halogens is 1. The van der Waals surface area contributed by atoms with Crippen LogP contribution in [0, 0.1) is 5.92 Å². The fraction of sp³-hybridized carbons (Fsp3) is 0.500. The van der Waals surface area contributed by atoms with Gasteiger partial charge in [0.15, 0.2) is 0 Å². The maximum atomic E-state index is 12.4. The first kappa shape index (κ1) is 13.8. The molecule has 0 spiro atoms. The molecule has 2 rings (SSSR count). The molecule has 1 aromatic carbocycles. The second-order valence-corrected chi connectivity index (χ2v) is 6.82. The summed E-state index contributed by atoms with van der Waals surface area (Å²) >= 11 is 5.97. The van der Waals surface area contributed by atoms with Gasteiger partial charge in [0.05, 0.1) is 5.02 Å². The fourth-order valence-corrected chi connectivity index (χ4v) is 4.29. The molecule has 1 unspecified atom stereocenters. The predicted molar refractivity (Wildman–Crippen MR) is 72.2 cm³/mol. The summed E-state index contributed by atoms with van der Waals surface area (Å²) in [6, 6.07) is 6.59. The second-order valence-electron chi connectivity index (χ2n) is 4.51. The summed E-state index contributed by atoms with van der Waals surface area (Å²) in [6.45, 7) is 1.98. The minimum atomic E-state index is -3.45. The van der Waals surface area contributed by atoms with Crippen molar-refractivity contribution >= 4 is 21.6 Å². The summed E-state index contributed by atoms with van der Waals surface area (Å²) in [6.07, 6.45) is 0.893. The summed E-state index contributed by atoms with van der Waals surface area (Å²) in [4.78, 5) is 0.205. The Hall–Kier alpha value is -0.620. The van der Waals surface area contributed by atoms with Gasteiger partial charge in [0.25, 0.3) is 0 Å². The third-order valence-electron chi connectivity index (χ3n) is 3.20. The van der Waals surface area contributed by atoms with E-state index in [1.165, 1.54) is 4.31 Å². The largest absolute Gasteiger partial charge is 0.319 e. The average molecular weight is 289 g/mol. The van der Waals surface area contributed by atoms with Crippen LogP contribution in [0.15, 0.2) is 29.2 Å². The second kappa shape index (κ2) is 5.57. The molecule has 100 valence electrons. The molecule has 0 bridgehead atoms. The zero-order valence-corrected chi connectivity index (χ0v) is 11.8. The lowest BCUT2D eigenvalue weighted by atomic mass is 10.1. The van der Waals surface area contributed by atoms with Gasteiger partial charge in [-0.2, -0.15) is 4.31 Å². The maximum Gasteiger partial charge on any atom is 0.244 e. The SMILES string of the molecule is CNCC1CCN(S(=O)(=O)c2ccccc2Cl)C1. The molecule has 1 N–H and O–H groups in total. The molecule has 1 fully saturated rings. The Bertz CT molecular complexity index is 519. The van der Waals surface area contributed by atoms with Crippen molar-refractivity contribution in [2.45, 2.75) is 11.3 Å². The van der Waals surface area contributed by atoms with Gasteiger partial charge in [-0.3, -0.25) is 0 Å². The lowest BCUT2D eigenvalue weighted by molar-refractivity contribution is 0.451. The highest BCUT2D eigenvalue weighted by molar-refractivity contribution is 7.89. The molecule has 6 heteroatoms. The first-order valence-electron chi connectivity index (χ1n) is 5.95. The quantitative estimate of drug-likeness (QED) is 0.915. The van der Waals surface area contributed by atoms with Gasteiger partial charge in [0, 0.05) is 13.1 Å². The van der Waals surface area contributed by atoms with E-state index in [1.807, 2.05) is 7.05 Å². The van der Waals surface area contributed by atoms with Crippen LogP contribution in [0.3, 0.4) is 0 Å². The van der Waals surface area contributed by atoms with Gasteiger partial charge < -0.3 is 5.32 Å². The maximum absolute atomic E-state index is 12.4. The van der Waals surface area contributed by atoms with E-state index in [0.717, 1.165) is 13.0 Å². The Morgan fingerprint density at radius 2 is 2.17 bits per heavy atom. The summed E-state index contributed by atoms with van der Waals surface area (Å²) in [5.41, 5.74) is 0. The molecule has 1 aliphatic rings. The average Bonchev–Trinajstić information content (AvgIpc) is 2.79. The first-order valence-corrected chi connectivity index (χ1v) is 7.77. The third-order valence-corrected chi connectivity index (χ3v) is 5.56. The highest BCUT2D eigenvalue weighted by Gasteiger charge is 2.33. The van der Waals surface area contributed by atoms with Crippen molar-refractivity contribution in [3.8, 4) is 0 Å². The number of nitrogens with zero attached hydrogens (tertiary/aromatic N) is 1. The number of rotatable bonds is 4. The number of hydrogen-bond acceptors (Lipinski definition) is 3. The van der Waals surface area contributed by atoms with E-state index in [9.17, 15) is 8.42 Å². The van der Waals surface area contributed by atoms with E-state index < -0.39 is 10.0 Å². The van der Waals surface area contributed by atoms with E-state index in [1.54, 1.807) is 24.3 Å². The van der Waals surface area contributed by atoms with E-state index in [-0.39, 0.29) is 9.92 Å². The Labute approximate surface area is 113 Å². The Morgan fingerprint density at radius 1 is 1.44 bits per heavy atom. The molecule has 4 nitrogen and oxygen atoms in total. The van der Waals surface area contributed by atoms with Crippen LogP contribution in [-0.4, -0.2) is 39.4 Å². The van der Waals surface area contributed by atoms with Crippen molar-refractivity contribution < 1.29 is 8.42 Å². The van der Waals surface area contributed by atoms with Crippen LogP contribution in [0.1, 0.15) is 6.42 Å². The number of nitrogens with one attached hydrogen (secondary N) is 1. The van der Waals surface area contributed by atoms with Crippen LogP contribution >= 0.6 is 11.6 Å². The van der Waals surface area contributed by atoms with Crippen molar-refractivity contribution in [3.05, 3.63) is 29.3 Å². The molecule has 0 aromatic heterocycles. The molecule has 1 atom stereocenters. The van der Waals surface area contributed by atoms with Crippen molar-refractivity contribution in [1.29, 1.82) is 0 Å². The Kier molecular flexibility index (Phi) is 4.27. The van der Waals surface area contributed by atoms with Crippen molar-refractivity contribution in [2.75, 3.05) is 26.7 Å². The fourth-order valence-electron chi connectivity index (χ4n) is 2.26. The molecule has 0 aliphatic carbocycles. The van der Waals surface area contributed by atoms with E-state index in [2.05, 4.69) is 5.32 Å². The number of benzene rings is 1. The summed E-state index contributed by atoms with van der Waals surface area (Å²) < 4.78 is 26.4. The molecular formula is C12H17ClN2O2S. The summed E-state index contributed by atoms with van der Waals surface area (Å²) in [7, 11) is -1.57. The highest BCUT2D eigenvalue weighted by Crippen LogP contribution is 2.28. The van der Waals surface area contributed by atoms with Gasteiger partial charge in [0.1, 0.15) is 4.90 Å². The minimum Gasteiger partial charge on any atom is -0.319 e. The van der Waals surface area contributed by atoms with Gasteiger partial charge in [-0.05, 0) is 38.1 Å². The molecule has 0 radical (unpaired) electrons. The van der Waals surface area contributed by atoms with Gasteiger partial charge in [-0.25, -0.2) is 8.42 Å². The molecule has 1 aliphatic heterocycles. The van der Waals surface area contributed by atoms with Gasteiger partial charge in [-0.15, -0.1) is 0 Å². The Morgan fingerprint density at radius 3 is 2.83 bits per heavy atom. The molecule has 0 amide bonds. The van der Waals surface area contributed by atoms with Gasteiger partial charge in [-0.1, -0.05) is 23.7 Å². The summed E-state index contributed by atoms with van der Waals surface area (Å²) in [5.74, 6) is 0.382.